The molecule has 0 radical (unpaired) electrons. The van der Waals surface area contributed by atoms with E-state index >= 15 is 0 Å². The van der Waals surface area contributed by atoms with Crippen LogP contribution in [0.1, 0.15) is 18.5 Å². The number of β-lactam (4-membered cyclic amide) rings is 1. The topological polar surface area (TPSA) is 173 Å². The van der Waals surface area contributed by atoms with Crippen LogP contribution in [0.15, 0.2) is 59.8 Å². The Labute approximate surface area is 225 Å². The Morgan fingerprint density at radius 3 is 2.61 bits per heavy atom. The first-order valence-corrected chi connectivity index (χ1v) is 12.6. The average Bonchev–Trinajstić information content (AvgIpc) is 2.90. The summed E-state index contributed by atoms with van der Waals surface area (Å²) in [6, 6.07) is 9.09. The van der Waals surface area contributed by atoms with Gasteiger partial charge in [0.15, 0.2) is 12.4 Å². The van der Waals surface area contributed by atoms with E-state index in [0.29, 0.717) is 16.0 Å². The third kappa shape index (κ3) is 4.95. The summed E-state index contributed by atoms with van der Waals surface area (Å²) in [6.45, 7) is 0.747. The number of aliphatic carboxylic acids is 1. The number of carboxylic acids is 1. The molecular formula is C24H21ClN4O8S. The Balaban J connectivity index is 1.65. The van der Waals surface area contributed by atoms with Crippen LogP contribution in [0, 0.1) is 10.1 Å². The van der Waals surface area contributed by atoms with Crippen molar-refractivity contribution in [1.82, 2.24) is 9.80 Å². The van der Waals surface area contributed by atoms with Crippen LogP contribution in [-0.2, 0) is 19.2 Å². The molecule has 0 saturated carbocycles. The van der Waals surface area contributed by atoms with Gasteiger partial charge in [0.05, 0.1) is 4.92 Å². The van der Waals surface area contributed by atoms with Gasteiger partial charge in [0.25, 0.3) is 17.7 Å². The van der Waals surface area contributed by atoms with Gasteiger partial charge < -0.3 is 15.6 Å². The van der Waals surface area contributed by atoms with Crippen molar-refractivity contribution >= 4 is 52.7 Å². The van der Waals surface area contributed by atoms with E-state index in [1.165, 1.54) is 23.9 Å². The highest BCUT2D eigenvalue weighted by Gasteiger charge is 2.58. The first-order chi connectivity index (χ1) is 18.0. The fourth-order valence-corrected chi connectivity index (χ4v) is 5.69. The van der Waals surface area contributed by atoms with E-state index in [2.05, 4.69) is 0 Å². The van der Waals surface area contributed by atoms with E-state index in [0.717, 1.165) is 11.0 Å². The van der Waals surface area contributed by atoms with Gasteiger partial charge in [0.1, 0.15) is 23.2 Å². The summed E-state index contributed by atoms with van der Waals surface area (Å²) in [6.07, 6.45) is 0. The molecule has 2 aliphatic heterocycles. The van der Waals surface area contributed by atoms with Crippen LogP contribution in [0.2, 0.25) is 5.02 Å². The number of ether oxygens (including phenoxy) is 1. The molecule has 38 heavy (non-hydrogen) atoms. The lowest BCUT2D eigenvalue weighted by atomic mass is 9.99. The van der Waals surface area contributed by atoms with Crippen molar-refractivity contribution in [1.29, 1.82) is 0 Å². The molecule has 0 bridgehead atoms. The van der Waals surface area contributed by atoms with Crippen LogP contribution < -0.4 is 10.5 Å². The fourth-order valence-electron chi connectivity index (χ4n) is 4.19. The van der Waals surface area contributed by atoms with Gasteiger partial charge in [-0.1, -0.05) is 41.9 Å². The summed E-state index contributed by atoms with van der Waals surface area (Å²) in [5.74, 6) is -3.96. The van der Waals surface area contributed by atoms with E-state index in [1.54, 1.807) is 37.3 Å². The molecule has 2 heterocycles. The summed E-state index contributed by atoms with van der Waals surface area (Å²) in [5.41, 5.74) is 6.32. The number of nitrogens with two attached hydrogens (primary N) is 1. The number of carbonyl (C=O) groups excluding carboxylic acids is 3. The van der Waals surface area contributed by atoms with Crippen LogP contribution in [0.3, 0.4) is 0 Å². The number of thioether (sulfide) groups is 1. The molecule has 12 nitrogen and oxygen atoms in total. The molecule has 198 valence electrons. The SMILES string of the molecule is CC1=C(C(=O)O)N2C(=O)C(N(C(=O)COc3ccc(Cl)cc3[N+](=O)[O-])C(=O)[C@H](N)c3ccccc3)[C@H]2SC1. The van der Waals surface area contributed by atoms with Crippen molar-refractivity contribution in [2.24, 2.45) is 5.73 Å². The molecule has 2 aromatic carbocycles. The van der Waals surface area contributed by atoms with Gasteiger partial charge in [-0.2, -0.15) is 0 Å². The summed E-state index contributed by atoms with van der Waals surface area (Å²) < 4.78 is 5.38. The van der Waals surface area contributed by atoms with Crippen molar-refractivity contribution in [3.8, 4) is 5.75 Å². The van der Waals surface area contributed by atoms with Gasteiger partial charge in [-0.25, -0.2) is 4.79 Å². The molecule has 2 aromatic rings. The second-order valence-corrected chi connectivity index (χ2v) is 9.98. The molecule has 4 rings (SSSR count). The number of benzene rings is 2. The highest BCUT2D eigenvalue weighted by Crippen LogP contribution is 2.43. The van der Waals surface area contributed by atoms with Gasteiger partial charge in [0.2, 0.25) is 0 Å². The smallest absolute Gasteiger partial charge is 0.352 e. The molecule has 0 spiro atoms. The minimum Gasteiger partial charge on any atom is -0.477 e. The number of nitro groups is 1. The van der Waals surface area contributed by atoms with E-state index in [-0.39, 0.29) is 22.2 Å². The first kappa shape index (κ1) is 27.1. The summed E-state index contributed by atoms with van der Waals surface area (Å²) in [4.78, 5) is 64.3. The Morgan fingerprint density at radius 1 is 1.29 bits per heavy atom. The van der Waals surface area contributed by atoms with E-state index in [1.807, 2.05) is 0 Å². The van der Waals surface area contributed by atoms with Gasteiger partial charge in [-0.3, -0.25) is 34.3 Å². The number of carboxylic acid groups (broad SMARTS) is 1. The number of nitro benzene ring substituents is 1. The third-order valence-electron chi connectivity index (χ3n) is 6.01. The lowest BCUT2D eigenvalue weighted by Crippen LogP contribution is -2.73. The second-order valence-electron chi connectivity index (χ2n) is 8.44. The summed E-state index contributed by atoms with van der Waals surface area (Å²) in [7, 11) is 0. The molecular weight excluding hydrogens is 540 g/mol. The number of nitrogens with zero attached hydrogens (tertiary/aromatic N) is 3. The summed E-state index contributed by atoms with van der Waals surface area (Å²) >= 11 is 7.02. The number of hydrogen-bond acceptors (Lipinski definition) is 9. The standard InChI is InChI=1S/C24H21ClN4O8S/c1-12-11-38-23-20(22(32)28(23)19(12)24(33)34)27(21(31)18(26)13-5-3-2-4-6-13)17(30)10-37-16-8-7-14(25)9-15(16)29(35)36/h2-9,18,20,23H,10-11,26H2,1H3,(H,33,34)/t18-,20?,23-/m1/s1. The number of halogens is 1. The van der Waals surface area contributed by atoms with Gasteiger partial charge >= 0.3 is 11.7 Å². The molecule has 3 atom stereocenters. The maximum absolute atomic E-state index is 13.5. The van der Waals surface area contributed by atoms with Crippen LogP contribution >= 0.6 is 23.4 Å². The number of hydrogen-bond donors (Lipinski definition) is 2. The Hall–Kier alpha value is -3.94. The predicted molar refractivity (Wildman–Crippen MR) is 136 cm³/mol. The number of carbonyl (C=O) groups is 4. The van der Waals surface area contributed by atoms with E-state index < -0.39 is 58.4 Å². The number of fused-ring (bicyclic) bond motifs is 1. The largest absolute Gasteiger partial charge is 0.477 e. The zero-order valence-corrected chi connectivity index (χ0v) is 21.3. The minimum atomic E-state index is -1.35. The van der Waals surface area contributed by atoms with Crippen molar-refractivity contribution < 1.29 is 33.9 Å². The highest BCUT2D eigenvalue weighted by atomic mass is 35.5. The molecule has 1 fully saturated rings. The van der Waals surface area contributed by atoms with Crippen molar-refractivity contribution in [3.05, 3.63) is 80.5 Å². The van der Waals surface area contributed by atoms with Gasteiger partial charge in [-0.15, -0.1) is 11.8 Å². The van der Waals surface area contributed by atoms with Gasteiger partial charge in [0, 0.05) is 16.8 Å². The molecule has 1 unspecified atom stereocenters. The maximum atomic E-state index is 13.5. The summed E-state index contributed by atoms with van der Waals surface area (Å²) in [5, 5.41) is 20.2. The normalized spacial score (nSPS) is 19.2. The minimum absolute atomic E-state index is 0.0769. The maximum Gasteiger partial charge on any atom is 0.352 e. The van der Waals surface area contributed by atoms with Crippen LogP contribution in [-0.4, -0.2) is 67.3 Å². The number of amides is 3. The van der Waals surface area contributed by atoms with E-state index in [9.17, 15) is 34.4 Å². The molecule has 0 aromatic heterocycles. The van der Waals surface area contributed by atoms with Crippen molar-refractivity contribution in [3.63, 3.8) is 0 Å². The van der Waals surface area contributed by atoms with E-state index in [4.69, 9.17) is 22.1 Å². The number of imide groups is 1. The van der Waals surface area contributed by atoms with Crippen LogP contribution in [0.5, 0.6) is 5.75 Å². The third-order valence-corrected chi connectivity index (χ3v) is 7.66. The zero-order valence-electron chi connectivity index (χ0n) is 19.8. The number of rotatable bonds is 8. The molecule has 14 heteroatoms. The monoisotopic (exact) mass is 560 g/mol. The Bertz CT molecular complexity index is 1370. The van der Waals surface area contributed by atoms with Crippen molar-refractivity contribution in [2.45, 2.75) is 24.4 Å². The molecule has 2 aliphatic rings. The zero-order chi connectivity index (χ0) is 27.7. The van der Waals surface area contributed by atoms with Crippen LogP contribution in [0.4, 0.5) is 5.69 Å². The molecule has 3 N–H and O–H groups in total. The first-order valence-electron chi connectivity index (χ1n) is 11.1. The predicted octanol–water partition coefficient (Wildman–Crippen LogP) is 2.32. The highest BCUT2D eigenvalue weighted by molar-refractivity contribution is 8.00. The molecule has 0 aliphatic carbocycles. The van der Waals surface area contributed by atoms with Crippen molar-refractivity contribution in [2.75, 3.05) is 12.4 Å². The molecule has 1 saturated heterocycles. The quantitative estimate of drug-likeness (QED) is 0.277. The molecule has 3 amide bonds. The van der Waals surface area contributed by atoms with Crippen LogP contribution in [0.25, 0.3) is 0 Å². The van der Waals surface area contributed by atoms with Gasteiger partial charge in [-0.05, 0) is 30.2 Å². The lowest BCUT2D eigenvalue weighted by molar-refractivity contribution is -0.385. The second kappa shape index (κ2) is 10.8. The Morgan fingerprint density at radius 2 is 1.97 bits per heavy atom. The average molecular weight is 561 g/mol. The fraction of sp³-hybridized carbons (Fsp3) is 0.250. The lowest BCUT2D eigenvalue weighted by Gasteiger charge is -2.52. The Kier molecular flexibility index (Phi) is 7.71.